The van der Waals surface area contributed by atoms with Gasteiger partial charge in [-0.05, 0) is 32.6 Å². The summed E-state index contributed by atoms with van der Waals surface area (Å²) in [5.74, 6) is 1.82. The summed E-state index contributed by atoms with van der Waals surface area (Å²) in [6.45, 7) is 9.71. The topological polar surface area (TPSA) is 36.4 Å². The second-order valence-electron chi connectivity index (χ2n) is 5.33. The Labute approximate surface area is 106 Å². The van der Waals surface area contributed by atoms with Crippen molar-refractivity contribution in [2.45, 2.75) is 71.9 Å². The van der Waals surface area contributed by atoms with Crippen molar-refractivity contribution in [1.29, 1.82) is 0 Å². The third-order valence-corrected chi connectivity index (χ3v) is 3.37. The first-order chi connectivity index (χ1) is 8.17. The number of hydrogen-bond acceptors (Lipinski definition) is 1. The van der Waals surface area contributed by atoms with Gasteiger partial charge in [0.2, 0.25) is 0 Å². The molecule has 3 unspecified atom stereocenters. The van der Waals surface area contributed by atoms with Gasteiger partial charge < -0.3 is 10.6 Å². The molecule has 3 nitrogen and oxygen atoms in total. The summed E-state index contributed by atoms with van der Waals surface area (Å²) in [6.07, 6.45) is 6.46. The lowest BCUT2D eigenvalue weighted by Crippen LogP contribution is -2.43. The minimum Gasteiger partial charge on any atom is -0.354 e. The predicted octanol–water partition coefficient (Wildman–Crippen LogP) is 2.92. The Balaban J connectivity index is 2.25. The van der Waals surface area contributed by atoms with Crippen molar-refractivity contribution in [1.82, 2.24) is 10.6 Å². The molecule has 0 saturated heterocycles. The Morgan fingerprint density at radius 3 is 2.59 bits per heavy atom. The molecule has 2 N–H and O–H groups in total. The third-order valence-electron chi connectivity index (χ3n) is 3.37. The SMILES string of the molecule is CCCCCC(C)NC(=NCC)NC1CC1C. The van der Waals surface area contributed by atoms with Crippen LogP contribution in [0.25, 0.3) is 0 Å². The Morgan fingerprint density at radius 1 is 1.35 bits per heavy atom. The highest BCUT2D eigenvalue weighted by Crippen LogP contribution is 2.28. The zero-order chi connectivity index (χ0) is 12.7. The number of nitrogens with zero attached hydrogens (tertiary/aromatic N) is 1. The maximum atomic E-state index is 4.50. The van der Waals surface area contributed by atoms with E-state index >= 15 is 0 Å². The maximum Gasteiger partial charge on any atom is 0.191 e. The van der Waals surface area contributed by atoms with Gasteiger partial charge in [0.1, 0.15) is 0 Å². The Hall–Kier alpha value is -0.730. The molecule has 1 aliphatic rings. The van der Waals surface area contributed by atoms with E-state index in [9.17, 15) is 0 Å². The minimum atomic E-state index is 0.522. The molecule has 0 heterocycles. The van der Waals surface area contributed by atoms with Gasteiger partial charge in [0, 0.05) is 18.6 Å². The van der Waals surface area contributed by atoms with Gasteiger partial charge in [0.25, 0.3) is 0 Å². The van der Waals surface area contributed by atoms with Crippen LogP contribution < -0.4 is 10.6 Å². The smallest absolute Gasteiger partial charge is 0.191 e. The van der Waals surface area contributed by atoms with E-state index in [0.29, 0.717) is 12.1 Å². The third kappa shape index (κ3) is 5.94. The van der Waals surface area contributed by atoms with Crippen molar-refractivity contribution < 1.29 is 0 Å². The van der Waals surface area contributed by atoms with Gasteiger partial charge in [0.05, 0.1) is 0 Å². The van der Waals surface area contributed by atoms with E-state index < -0.39 is 0 Å². The van der Waals surface area contributed by atoms with Gasteiger partial charge in [-0.3, -0.25) is 4.99 Å². The van der Waals surface area contributed by atoms with E-state index in [-0.39, 0.29) is 0 Å². The molecule has 3 heteroatoms. The molecule has 0 amide bonds. The van der Waals surface area contributed by atoms with E-state index in [2.05, 4.69) is 43.3 Å². The van der Waals surface area contributed by atoms with Crippen LogP contribution in [0.5, 0.6) is 0 Å². The first kappa shape index (κ1) is 14.3. The van der Waals surface area contributed by atoms with E-state index in [1.54, 1.807) is 0 Å². The molecule has 17 heavy (non-hydrogen) atoms. The summed E-state index contributed by atoms with van der Waals surface area (Å²) >= 11 is 0. The highest BCUT2D eigenvalue weighted by Gasteiger charge is 2.33. The molecule has 0 aliphatic heterocycles. The Kier molecular flexibility index (Phi) is 6.38. The average molecular weight is 239 g/mol. The van der Waals surface area contributed by atoms with Crippen LogP contribution in [-0.2, 0) is 0 Å². The predicted molar refractivity (Wildman–Crippen MR) is 75.4 cm³/mol. The van der Waals surface area contributed by atoms with Crippen LogP contribution in [0.3, 0.4) is 0 Å². The van der Waals surface area contributed by atoms with Gasteiger partial charge >= 0.3 is 0 Å². The van der Waals surface area contributed by atoms with Crippen molar-refractivity contribution in [3.63, 3.8) is 0 Å². The van der Waals surface area contributed by atoms with Crippen LogP contribution in [0.15, 0.2) is 4.99 Å². The summed E-state index contributed by atoms with van der Waals surface area (Å²) < 4.78 is 0. The fraction of sp³-hybridized carbons (Fsp3) is 0.929. The van der Waals surface area contributed by atoms with E-state index in [0.717, 1.165) is 18.4 Å². The second kappa shape index (κ2) is 7.57. The van der Waals surface area contributed by atoms with Gasteiger partial charge in [-0.2, -0.15) is 0 Å². The van der Waals surface area contributed by atoms with Crippen LogP contribution in [0, 0.1) is 5.92 Å². The number of unbranched alkanes of at least 4 members (excludes halogenated alkanes) is 2. The van der Waals surface area contributed by atoms with E-state index in [1.165, 1.54) is 32.1 Å². The largest absolute Gasteiger partial charge is 0.354 e. The van der Waals surface area contributed by atoms with Gasteiger partial charge in [-0.1, -0.05) is 33.1 Å². The lowest BCUT2D eigenvalue weighted by atomic mass is 10.1. The molecule has 1 rings (SSSR count). The highest BCUT2D eigenvalue weighted by atomic mass is 15.2. The number of aliphatic imine (C=N–C) groups is 1. The fourth-order valence-electron chi connectivity index (χ4n) is 2.00. The fourth-order valence-corrected chi connectivity index (χ4v) is 2.00. The molecule has 0 bridgehead atoms. The van der Waals surface area contributed by atoms with Crippen LogP contribution >= 0.6 is 0 Å². The molecule has 1 fully saturated rings. The van der Waals surface area contributed by atoms with E-state index in [1.807, 2.05) is 0 Å². The Bertz CT molecular complexity index is 238. The monoisotopic (exact) mass is 239 g/mol. The van der Waals surface area contributed by atoms with E-state index in [4.69, 9.17) is 0 Å². The average Bonchev–Trinajstić information content (AvgIpc) is 2.95. The van der Waals surface area contributed by atoms with Crippen molar-refractivity contribution >= 4 is 5.96 Å². The molecular weight excluding hydrogens is 210 g/mol. The lowest BCUT2D eigenvalue weighted by Gasteiger charge is -2.18. The molecular formula is C14H29N3. The zero-order valence-electron chi connectivity index (χ0n) is 11.9. The molecule has 0 aromatic carbocycles. The van der Waals surface area contributed by atoms with Crippen molar-refractivity contribution in [3.8, 4) is 0 Å². The van der Waals surface area contributed by atoms with Gasteiger partial charge in [-0.15, -0.1) is 0 Å². The first-order valence-electron chi connectivity index (χ1n) is 7.24. The summed E-state index contributed by atoms with van der Waals surface area (Å²) in [5.41, 5.74) is 0. The summed E-state index contributed by atoms with van der Waals surface area (Å²) in [7, 11) is 0. The molecule has 100 valence electrons. The van der Waals surface area contributed by atoms with Crippen molar-refractivity contribution in [3.05, 3.63) is 0 Å². The summed E-state index contributed by atoms with van der Waals surface area (Å²) in [6, 6.07) is 1.17. The number of guanidine groups is 1. The first-order valence-corrected chi connectivity index (χ1v) is 7.24. The highest BCUT2D eigenvalue weighted by molar-refractivity contribution is 5.80. The molecule has 0 aromatic rings. The molecule has 0 radical (unpaired) electrons. The normalized spacial score (nSPS) is 25.5. The van der Waals surface area contributed by atoms with Crippen molar-refractivity contribution in [2.24, 2.45) is 10.9 Å². The molecule has 1 saturated carbocycles. The second-order valence-corrected chi connectivity index (χ2v) is 5.33. The zero-order valence-corrected chi connectivity index (χ0v) is 11.9. The number of nitrogens with one attached hydrogen (secondary N) is 2. The number of rotatable bonds is 7. The standard InChI is InChI=1S/C14H29N3/c1-5-7-8-9-12(4)16-14(15-6-2)17-13-10-11(13)3/h11-13H,5-10H2,1-4H3,(H2,15,16,17). The summed E-state index contributed by atoms with van der Waals surface area (Å²) in [4.78, 5) is 4.50. The molecule has 1 aliphatic carbocycles. The van der Waals surface area contributed by atoms with Crippen LogP contribution in [0.2, 0.25) is 0 Å². The minimum absolute atomic E-state index is 0.522. The van der Waals surface area contributed by atoms with Gasteiger partial charge in [-0.25, -0.2) is 0 Å². The van der Waals surface area contributed by atoms with Crippen LogP contribution in [0.4, 0.5) is 0 Å². The van der Waals surface area contributed by atoms with Crippen molar-refractivity contribution in [2.75, 3.05) is 6.54 Å². The van der Waals surface area contributed by atoms with Crippen LogP contribution in [-0.4, -0.2) is 24.6 Å². The molecule has 0 spiro atoms. The Morgan fingerprint density at radius 2 is 2.06 bits per heavy atom. The van der Waals surface area contributed by atoms with Gasteiger partial charge in [0.15, 0.2) is 5.96 Å². The quantitative estimate of drug-likeness (QED) is 0.407. The van der Waals surface area contributed by atoms with Crippen LogP contribution in [0.1, 0.15) is 59.8 Å². The number of hydrogen-bond donors (Lipinski definition) is 2. The molecule has 0 aromatic heterocycles. The summed E-state index contributed by atoms with van der Waals surface area (Å²) in [5, 5.41) is 7.01. The lowest BCUT2D eigenvalue weighted by molar-refractivity contribution is 0.545. The molecule has 3 atom stereocenters. The maximum absolute atomic E-state index is 4.50.